The van der Waals surface area contributed by atoms with Crippen molar-refractivity contribution in [2.45, 2.75) is 56.4 Å². The predicted molar refractivity (Wildman–Crippen MR) is 140 cm³/mol. The quantitative estimate of drug-likeness (QED) is 0.388. The number of primary amides is 1. The van der Waals surface area contributed by atoms with Gasteiger partial charge in [-0.3, -0.25) is 9.59 Å². The third kappa shape index (κ3) is 6.11. The summed E-state index contributed by atoms with van der Waals surface area (Å²) in [5.41, 5.74) is 7.33. The number of unbranched alkanes of at least 4 members (excludes halogenated alkanes) is 2. The number of rotatable bonds is 13. The zero-order valence-corrected chi connectivity index (χ0v) is 20.8. The number of carbonyl (C=O) groups excluding carboxylic acids is 2. The van der Waals surface area contributed by atoms with Crippen LogP contribution >= 0.6 is 0 Å². The van der Waals surface area contributed by atoms with Gasteiger partial charge in [0.05, 0.1) is 6.54 Å². The molecule has 2 aromatic rings. The molecule has 1 heterocycles. The lowest BCUT2D eigenvalue weighted by molar-refractivity contribution is -0.124. The number of hydrogen-bond donors (Lipinski definition) is 3. The Morgan fingerprint density at radius 3 is 2.14 bits per heavy atom. The van der Waals surface area contributed by atoms with Gasteiger partial charge < -0.3 is 21.3 Å². The van der Waals surface area contributed by atoms with Gasteiger partial charge in [-0.15, -0.1) is 0 Å². The maximum atomic E-state index is 13.2. The standard InChI is InChI=1S/C29H40N4O2/c30-28(35)29(23-11-4-1-5-12-23,24-13-6-2-7-14-24)25-17-20-33(22-25)19-9-3-8-18-31-27(34)21-32-26-15-10-16-26/h1-2,4-7,11-14,25-26,32H,3,8-10,15-22H2,(H2,30,35)(H,31,34)/t25-/m1/s1. The van der Waals surface area contributed by atoms with Crippen molar-refractivity contribution in [1.82, 2.24) is 15.5 Å². The van der Waals surface area contributed by atoms with Crippen LogP contribution in [0.25, 0.3) is 0 Å². The molecule has 0 aromatic heterocycles. The number of benzene rings is 2. The molecular weight excluding hydrogens is 436 g/mol. The second kappa shape index (κ2) is 12.3. The molecule has 0 unspecified atom stereocenters. The van der Waals surface area contributed by atoms with Gasteiger partial charge in [-0.25, -0.2) is 0 Å². The van der Waals surface area contributed by atoms with Crippen molar-refractivity contribution in [3.05, 3.63) is 71.8 Å². The Labute approximate surface area is 209 Å². The number of likely N-dealkylation sites (tertiary alicyclic amines) is 1. The molecule has 4 rings (SSSR count). The topological polar surface area (TPSA) is 87.5 Å². The molecule has 0 radical (unpaired) electrons. The molecule has 2 aromatic carbocycles. The highest BCUT2D eigenvalue weighted by Gasteiger charge is 2.49. The van der Waals surface area contributed by atoms with Crippen LogP contribution in [0, 0.1) is 5.92 Å². The first-order valence-corrected chi connectivity index (χ1v) is 13.2. The molecule has 1 aliphatic heterocycles. The third-order valence-corrected chi connectivity index (χ3v) is 7.86. The van der Waals surface area contributed by atoms with Crippen LogP contribution in [0.2, 0.25) is 0 Å². The van der Waals surface area contributed by atoms with E-state index in [2.05, 4.69) is 15.5 Å². The molecule has 6 nitrogen and oxygen atoms in total. The van der Waals surface area contributed by atoms with Gasteiger partial charge in [0.2, 0.25) is 11.8 Å². The van der Waals surface area contributed by atoms with E-state index in [4.69, 9.17) is 5.73 Å². The lowest BCUT2D eigenvalue weighted by Gasteiger charge is -2.37. The van der Waals surface area contributed by atoms with Crippen molar-refractivity contribution in [3.8, 4) is 0 Å². The van der Waals surface area contributed by atoms with E-state index in [9.17, 15) is 9.59 Å². The minimum atomic E-state index is -0.824. The van der Waals surface area contributed by atoms with Crippen LogP contribution in [-0.2, 0) is 15.0 Å². The monoisotopic (exact) mass is 476 g/mol. The van der Waals surface area contributed by atoms with Crippen LogP contribution in [0.5, 0.6) is 0 Å². The molecule has 2 aliphatic rings. The molecular formula is C29H40N4O2. The fourth-order valence-electron chi connectivity index (χ4n) is 5.69. The van der Waals surface area contributed by atoms with Crippen LogP contribution in [0.1, 0.15) is 56.1 Å². The number of hydrogen-bond acceptors (Lipinski definition) is 4. The first-order chi connectivity index (χ1) is 17.1. The summed E-state index contributed by atoms with van der Waals surface area (Å²) in [5.74, 6) is -0.0413. The molecule has 2 fully saturated rings. The summed E-state index contributed by atoms with van der Waals surface area (Å²) in [6.07, 6.45) is 7.77. The molecule has 0 spiro atoms. The summed E-state index contributed by atoms with van der Waals surface area (Å²) in [6.45, 7) is 4.01. The molecule has 4 N–H and O–H groups in total. The summed E-state index contributed by atoms with van der Waals surface area (Å²) in [6, 6.07) is 20.6. The van der Waals surface area contributed by atoms with Gasteiger partial charge in [-0.1, -0.05) is 73.5 Å². The van der Waals surface area contributed by atoms with E-state index in [0.29, 0.717) is 12.6 Å². The van der Waals surface area contributed by atoms with Crippen LogP contribution in [0.4, 0.5) is 0 Å². The predicted octanol–water partition coefficient (Wildman–Crippen LogP) is 3.21. The van der Waals surface area contributed by atoms with Gasteiger partial charge in [-0.2, -0.15) is 0 Å². The molecule has 1 aliphatic carbocycles. The summed E-state index contributed by atoms with van der Waals surface area (Å²) in [5, 5.41) is 6.33. The second-order valence-corrected chi connectivity index (χ2v) is 10.1. The third-order valence-electron chi connectivity index (χ3n) is 7.86. The Morgan fingerprint density at radius 1 is 0.914 bits per heavy atom. The highest BCUT2D eigenvalue weighted by Crippen LogP contribution is 2.43. The van der Waals surface area contributed by atoms with Crippen LogP contribution in [0.3, 0.4) is 0 Å². The van der Waals surface area contributed by atoms with Crippen molar-refractivity contribution in [2.75, 3.05) is 32.7 Å². The minimum Gasteiger partial charge on any atom is -0.369 e. The van der Waals surface area contributed by atoms with Crippen LogP contribution in [0.15, 0.2) is 60.7 Å². The van der Waals surface area contributed by atoms with Gasteiger partial charge in [0.25, 0.3) is 0 Å². The fraction of sp³-hybridized carbons (Fsp3) is 0.517. The van der Waals surface area contributed by atoms with Gasteiger partial charge >= 0.3 is 0 Å². The van der Waals surface area contributed by atoms with E-state index in [1.54, 1.807) is 0 Å². The van der Waals surface area contributed by atoms with Crippen molar-refractivity contribution in [3.63, 3.8) is 0 Å². The molecule has 188 valence electrons. The van der Waals surface area contributed by atoms with Crippen molar-refractivity contribution in [1.29, 1.82) is 0 Å². The molecule has 1 atom stereocenters. The van der Waals surface area contributed by atoms with E-state index < -0.39 is 5.41 Å². The SMILES string of the molecule is NC(=O)C(c1ccccc1)(c1ccccc1)[C@@H]1CCN(CCCCCNC(=O)CNC2CCC2)C1. The minimum absolute atomic E-state index is 0.101. The maximum Gasteiger partial charge on any atom is 0.233 e. The number of nitrogens with two attached hydrogens (primary N) is 1. The van der Waals surface area contributed by atoms with Crippen LogP contribution in [-0.4, -0.2) is 55.5 Å². The Morgan fingerprint density at radius 2 is 1.57 bits per heavy atom. The average Bonchev–Trinajstić information content (AvgIpc) is 3.31. The van der Waals surface area contributed by atoms with E-state index in [-0.39, 0.29) is 17.7 Å². The zero-order chi connectivity index (χ0) is 24.5. The molecule has 0 bridgehead atoms. The highest BCUT2D eigenvalue weighted by atomic mass is 16.2. The van der Waals surface area contributed by atoms with E-state index in [0.717, 1.165) is 63.0 Å². The van der Waals surface area contributed by atoms with Crippen molar-refractivity contribution in [2.24, 2.45) is 11.7 Å². The van der Waals surface area contributed by atoms with E-state index in [1.165, 1.54) is 19.3 Å². The van der Waals surface area contributed by atoms with E-state index >= 15 is 0 Å². The average molecular weight is 477 g/mol. The van der Waals surface area contributed by atoms with Crippen LogP contribution < -0.4 is 16.4 Å². The van der Waals surface area contributed by atoms with Gasteiger partial charge in [0.15, 0.2) is 0 Å². The first kappa shape index (κ1) is 25.4. The fourth-order valence-corrected chi connectivity index (χ4v) is 5.69. The largest absolute Gasteiger partial charge is 0.369 e. The number of nitrogens with zero attached hydrogens (tertiary/aromatic N) is 1. The van der Waals surface area contributed by atoms with Gasteiger partial charge in [-0.05, 0) is 62.2 Å². The van der Waals surface area contributed by atoms with Crippen molar-refractivity contribution >= 4 is 11.8 Å². The highest BCUT2D eigenvalue weighted by molar-refractivity contribution is 5.91. The summed E-state index contributed by atoms with van der Waals surface area (Å²) in [4.78, 5) is 27.6. The smallest absolute Gasteiger partial charge is 0.233 e. The molecule has 2 amide bonds. The second-order valence-electron chi connectivity index (χ2n) is 10.1. The number of nitrogens with one attached hydrogen (secondary N) is 2. The van der Waals surface area contributed by atoms with Gasteiger partial charge in [0.1, 0.15) is 5.41 Å². The van der Waals surface area contributed by atoms with Crippen molar-refractivity contribution < 1.29 is 9.59 Å². The number of carbonyl (C=O) groups is 2. The summed E-state index contributed by atoms with van der Waals surface area (Å²) < 4.78 is 0. The van der Waals surface area contributed by atoms with E-state index in [1.807, 2.05) is 60.7 Å². The first-order valence-electron chi connectivity index (χ1n) is 13.2. The van der Waals surface area contributed by atoms with Gasteiger partial charge in [0, 0.05) is 19.1 Å². The zero-order valence-electron chi connectivity index (χ0n) is 20.8. The summed E-state index contributed by atoms with van der Waals surface area (Å²) in [7, 11) is 0. The normalized spacial score (nSPS) is 18.8. The lowest BCUT2D eigenvalue weighted by Crippen LogP contribution is -2.49. The Balaban J connectivity index is 1.27. The molecule has 35 heavy (non-hydrogen) atoms. The Kier molecular flexibility index (Phi) is 8.94. The maximum absolute atomic E-state index is 13.2. The number of amides is 2. The summed E-state index contributed by atoms with van der Waals surface area (Å²) >= 11 is 0. The molecule has 1 saturated carbocycles. The lowest BCUT2D eigenvalue weighted by atomic mass is 9.64. The molecule has 1 saturated heterocycles. The molecule has 6 heteroatoms. The Bertz CT molecular complexity index is 906. The Hall–Kier alpha value is -2.70.